The largest absolute Gasteiger partial charge is 0.342 e. The molecule has 0 aliphatic heterocycles. The smallest absolute Gasteiger partial charge is 0.108 e. The molecule has 1 aliphatic carbocycles. The quantitative estimate of drug-likeness (QED) is 0.721. The van der Waals surface area contributed by atoms with Gasteiger partial charge in [-0.2, -0.15) is 0 Å². The highest BCUT2D eigenvalue weighted by atomic mass is 35.5. The zero-order chi connectivity index (χ0) is 14.9. The molecule has 1 aliphatic rings. The molecular formula is C19H23Cl2N3. The first-order chi connectivity index (χ1) is 10.8. The topological polar surface area (TPSA) is 54.7 Å². The Morgan fingerprint density at radius 1 is 1.04 bits per heavy atom. The second kappa shape index (κ2) is 8.02. The number of nitrogens with zero attached hydrogens (tertiary/aromatic N) is 1. The van der Waals surface area contributed by atoms with Gasteiger partial charge in [-0.15, -0.1) is 24.8 Å². The predicted octanol–water partition coefficient (Wildman–Crippen LogP) is 4.45. The van der Waals surface area contributed by atoms with Gasteiger partial charge in [-0.3, -0.25) is 0 Å². The Hall–Kier alpha value is -1.55. The van der Waals surface area contributed by atoms with Crippen molar-refractivity contribution in [1.29, 1.82) is 0 Å². The molecule has 5 heteroatoms. The molecule has 3 N–H and O–H groups in total. The highest BCUT2D eigenvalue weighted by molar-refractivity contribution is 5.85. The van der Waals surface area contributed by atoms with E-state index in [0.29, 0.717) is 6.54 Å². The summed E-state index contributed by atoms with van der Waals surface area (Å²) < 4.78 is 0. The SMILES string of the molecule is Cl.Cl.NCCc1nc2ccc(-c3cccc4c3CCCC4)cc2[nH]1. The summed E-state index contributed by atoms with van der Waals surface area (Å²) in [4.78, 5) is 7.98. The van der Waals surface area contributed by atoms with Crippen LogP contribution < -0.4 is 5.73 Å². The highest BCUT2D eigenvalue weighted by Crippen LogP contribution is 2.32. The minimum absolute atomic E-state index is 0. The van der Waals surface area contributed by atoms with Gasteiger partial charge in [0.2, 0.25) is 0 Å². The lowest BCUT2D eigenvalue weighted by Crippen LogP contribution is -2.04. The molecule has 0 unspecified atom stereocenters. The van der Waals surface area contributed by atoms with Gasteiger partial charge in [-0.05, 0) is 66.6 Å². The predicted molar refractivity (Wildman–Crippen MR) is 105 cm³/mol. The molecule has 0 spiro atoms. The molecule has 0 radical (unpaired) electrons. The van der Waals surface area contributed by atoms with Crippen molar-refractivity contribution in [1.82, 2.24) is 9.97 Å². The van der Waals surface area contributed by atoms with Crippen LogP contribution in [0.2, 0.25) is 0 Å². The van der Waals surface area contributed by atoms with Crippen molar-refractivity contribution >= 4 is 35.8 Å². The van der Waals surface area contributed by atoms with E-state index in [9.17, 15) is 0 Å². The summed E-state index contributed by atoms with van der Waals surface area (Å²) in [7, 11) is 0. The molecule has 0 atom stereocenters. The van der Waals surface area contributed by atoms with Crippen LogP contribution in [0.3, 0.4) is 0 Å². The molecule has 3 nitrogen and oxygen atoms in total. The molecule has 128 valence electrons. The van der Waals surface area contributed by atoms with Crippen LogP contribution in [0.25, 0.3) is 22.2 Å². The summed E-state index contributed by atoms with van der Waals surface area (Å²) in [5, 5.41) is 0. The zero-order valence-electron chi connectivity index (χ0n) is 13.5. The Kier molecular flexibility index (Phi) is 6.27. The Labute approximate surface area is 154 Å². The summed E-state index contributed by atoms with van der Waals surface area (Å²) in [6.07, 6.45) is 5.83. The molecule has 0 saturated carbocycles. The van der Waals surface area contributed by atoms with Crippen molar-refractivity contribution in [3.05, 3.63) is 53.3 Å². The molecule has 1 heterocycles. The van der Waals surface area contributed by atoms with Gasteiger partial charge >= 0.3 is 0 Å². The second-order valence-electron chi connectivity index (χ2n) is 6.10. The number of nitrogens with two attached hydrogens (primary N) is 1. The van der Waals surface area contributed by atoms with Gasteiger partial charge in [0.05, 0.1) is 11.0 Å². The fourth-order valence-corrected chi connectivity index (χ4v) is 3.54. The Morgan fingerprint density at radius 2 is 1.88 bits per heavy atom. The molecule has 0 fully saturated rings. The number of imidazole rings is 1. The number of rotatable bonds is 3. The Bertz CT molecular complexity index is 827. The van der Waals surface area contributed by atoms with Gasteiger partial charge in [-0.25, -0.2) is 4.98 Å². The fourth-order valence-electron chi connectivity index (χ4n) is 3.54. The zero-order valence-corrected chi connectivity index (χ0v) is 15.2. The van der Waals surface area contributed by atoms with E-state index in [-0.39, 0.29) is 24.8 Å². The highest BCUT2D eigenvalue weighted by Gasteiger charge is 2.14. The monoisotopic (exact) mass is 363 g/mol. The van der Waals surface area contributed by atoms with Crippen LogP contribution in [0, 0.1) is 0 Å². The number of benzene rings is 2. The van der Waals surface area contributed by atoms with Gasteiger partial charge in [0.25, 0.3) is 0 Å². The molecule has 2 aromatic carbocycles. The molecule has 0 saturated heterocycles. The minimum atomic E-state index is 0. The van der Waals surface area contributed by atoms with Gasteiger partial charge < -0.3 is 10.7 Å². The van der Waals surface area contributed by atoms with E-state index in [2.05, 4.69) is 46.4 Å². The molecule has 0 bridgehead atoms. The molecule has 3 aromatic rings. The number of aromatic nitrogens is 2. The van der Waals surface area contributed by atoms with Gasteiger partial charge in [0.1, 0.15) is 5.82 Å². The normalized spacial score (nSPS) is 13.0. The third-order valence-corrected chi connectivity index (χ3v) is 4.62. The van der Waals surface area contributed by atoms with Crippen LogP contribution in [0.1, 0.15) is 29.8 Å². The van der Waals surface area contributed by atoms with E-state index in [0.717, 1.165) is 23.3 Å². The van der Waals surface area contributed by atoms with Crippen LogP contribution in [0.4, 0.5) is 0 Å². The van der Waals surface area contributed by atoms with Crippen LogP contribution >= 0.6 is 24.8 Å². The lowest BCUT2D eigenvalue weighted by molar-refractivity contribution is 0.687. The Morgan fingerprint density at radius 3 is 2.71 bits per heavy atom. The number of hydrogen-bond acceptors (Lipinski definition) is 2. The van der Waals surface area contributed by atoms with E-state index in [1.807, 2.05) is 0 Å². The summed E-state index contributed by atoms with van der Waals surface area (Å²) in [6.45, 7) is 0.624. The van der Waals surface area contributed by atoms with E-state index in [1.54, 1.807) is 0 Å². The summed E-state index contributed by atoms with van der Waals surface area (Å²) in [5.74, 6) is 0.977. The van der Waals surface area contributed by atoms with E-state index in [4.69, 9.17) is 5.73 Å². The van der Waals surface area contributed by atoms with Crippen LogP contribution in [0.5, 0.6) is 0 Å². The average molecular weight is 364 g/mol. The Balaban J connectivity index is 0.00000104. The van der Waals surface area contributed by atoms with Crippen molar-refractivity contribution in [2.75, 3.05) is 6.54 Å². The second-order valence-corrected chi connectivity index (χ2v) is 6.10. The minimum Gasteiger partial charge on any atom is -0.342 e. The summed E-state index contributed by atoms with van der Waals surface area (Å²) in [5.41, 5.74) is 13.5. The van der Waals surface area contributed by atoms with E-state index < -0.39 is 0 Å². The maximum absolute atomic E-state index is 5.62. The number of aromatic amines is 1. The van der Waals surface area contributed by atoms with Crippen molar-refractivity contribution in [3.8, 4) is 11.1 Å². The number of H-pyrrole nitrogens is 1. The van der Waals surface area contributed by atoms with Crippen molar-refractivity contribution in [2.45, 2.75) is 32.1 Å². The van der Waals surface area contributed by atoms with Crippen molar-refractivity contribution in [2.24, 2.45) is 5.73 Å². The molecule has 24 heavy (non-hydrogen) atoms. The summed E-state index contributed by atoms with van der Waals surface area (Å²) >= 11 is 0. The standard InChI is InChI=1S/C19H21N3.2ClH/c20-11-10-19-21-17-9-8-14(12-18(17)22-19)16-7-3-5-13-4-1-2-6-15(13)16;;/h3,5,7-9,12H,1-2,4,6,10-11,20H2,(H,21,22);2*1H. The number of halogens is 2. The number of nitrogens with one attached hydrogen (secondary N) is 1. The molecular weight excluding hydrogens is 341 g/mol. The maximum atomic E-state index is 5.62. The third-order valence-electron chi connectivity index (χ3n) is 4.62. The molecule has 1 aromatic heterocycles. The van der Waals surface area contributed by atoms with Crippen molar-refractivity contribution in [3.63, 3.8) is 0 Å². The maximum Gasteiger partial charge on any atom is 0.108 e. The van der Waals surface area contributed by atoms with Crippen LogP contribution in [-0.2, 0) is 19.3 Å². The lowest BCUT2D eigenvalue weighted by atomic mass is 9.86. The average Bonchev–Trinajstić information content (AvgIpc) is 2.96. The molecule has 4 rings (SSSR count). The van der Waals surface area contributed by atoms with E-state index in [1.165, 1.54) is 47.9 Å². The van der Waals surface area contributed by atoms with Gasteiger partial charge in [0.15, 0.2) is 0 Å². The first kappa shape index (κ1) is 18.8. The van der Waals surface area contributed by atoms with Crippen molar-refractivity contribution < 1.29 is 0 Å². The van der Waals surface area contributed by atoms with Gasteiger partial charge in [0, 0.05) is 6.42 Å². The molecule has 0 amide bonds. The third kappa shape index (κ3) is 3.44. The number of fused-ring (bicyclic) bond motifs is 2. The van der Waals surface area contributed by atoms with Gasteiger partial charge in [-0.1, -0.05) is 24.3 Å². The van der Waals surface area contributed by atoms with Crippen LogP contribution in [0.15, 0.2) is 36.4 Å². The number of aryl methyl sites for hydroxylation is 1. The number of hydrogen-bond donors (Lipinski definition) is 2. The fraction of sp³-hybridized carbons (Fsp3) is 0.316. The lowest BCUT2D eigenvalue weighted by Gasteiger charge is -2.19. The first-order valence-corrected chi connectivity index (χ1v) is 8.15. The van der Waals surface area contributed by atoms with Crippen LogP contribution in [-0.4, -0.2) is 16.5 Å². The summed E-state index contributed by atoms with van der Waals surface area (Å²) in [6, 6.07) is 13.3. The van der Waals surface area contributed by atoms with E-state index >= 15 is 0 Å². The first-order valence-electron chi connectivity index (χ1n) is 8.15.